The average molecular weight is 302 g/mol. The van der Waals surface area contributed by atoms with Crippen LogP contribution in [0.1, 0.15) is 45.1 Å². The van der Waals surface area contributed by atoms with Crippen LogP contribution in [0.15, 0.2) is 12.3 Å². The quantitative estimate of drug-likeness (QED) is 0.801. The van der Waals surface area contributed by atoms with E-state index in [9.17, 15) is 4.79 Å². The zero-order valence-electron chi connectivity index (χ0n) is 13.5. The summed E-state index contributed by atoms with van der Waals surface area (Å²) in [7, 11) is 0. The van der Waals surface area contributed by atoms with Crippen LogP contribution in [0.5, 0.6) is 0 Å². The van der Waals surface area contributed by atoms with Crippen LogP contribution in [-0.2, 0) is 11.2 Å². The topological polar surface area (TPSA) is 80.0 Å². The molecule has 0 aromatic carbocycles. The van der Waals surface area contributed by atoms with Gasteiger partial charge in [-0.05, 0) is 57.9 Å². The van der Waals surface area contributed by atoms with Gasteiger partial charge >= 0.3 is 0 Å². The zero-order valence-corrected chi connectivity index (χ0v) is 13.5. The van der Waals surface area contributed by atoms with Gasteiger partial charge in [0.05, 0.1) is 0 Å². The molecule has 1 saturated carbocycles. The molecule has 2 heterocycles. The maximum atomic E-state index is 12.5. The molecular weight excluding hydrogens is 276 g/mol. The predicted molar refractivity (Wildman–Crippen MR) is 88.8 cm³/mol. The van der Waals surface area contributed by atoms with E-state index in [2.05, 4.69) is 29.5 Å². The van der Waals surface area contributed by atoms with Crippen LogP contribution in [0.2, 0.25) is 0 Å². The molecule has 0 unspecified atom stereocenters. The summed E-state index contributed by atoms with van der Waals surface area (Å²) in [6.07, 6.45) is 6.62. The fourth-order valence-corrected chi connectivity index (χ4v) is 3.66. The van der Waals surface area contributed by atoms with E-state index < -0.39 is 0 Å². The molecule has 22 heavy (non-hydrogen) atoms. The van der Waals surface area contributed by atoms with Gasteiger partial charge in [-0.1, -0.05) is 0 Å². The van der Waals surface area contributed by atoms with Gasteiger partial charge in [-0.2, -0.15) is 0 Å². The Bertz CT molecular complexity index is 556. The van der Waals surface area contributed by atoms with Gasteiger partial charge in [0, 0.05) is 35.4 Å². The second-order valence-corrected chi connectivity index (χ2v) is 7.22. The van der Waals surface area contributed by atoms with E-state index >= 15 is 0 Å². The summed E-state index contributed by atoms with van der Waals surface area (Å²) < 4.78 is 0. The predicted octanol–water partition coefficient (Wildman–Crippen LogP) is 2.53. The first kappa shape index (κ1) is 15.3. The lowest BCUT2D eigenvalue weighted by molar-refractivity contribution is -0.121. The smallest absolute Gasteiger partial charge is 0.227 e. The maximum absolute atomic E-state index is 12.5. The van der Waals surface area contributed by atoms with E-state index in [1.54, 1.807) is 6.20 Å². The minimum absolute atomic E-state index is 0.108. The van der Waals surface area contributed by atoms with Gasteiger partial charge in [0.2, 0.25) is 5.91 Å². The van der Waals surface area contributed by atoms with Crippen molar-refractivity contribution in [3.8, 4) is 0 Å². The van der Waals surface area contributed by atoms with Crippen molar-refractivity contribution < 1.29 is 4.79 Å². The number of rotatable bonds is 3. The Hall–Kier alpha value is -1.62. The van der Waals surface area contributed by atoms with Crippen molar-refractivity contribution in [1.82, 2.24) is 4.98 Å². The van der Waals surface area contributed by atoms with E-state index in [0.29, 0.717) is 5.92 Å². The Morgan fingerprint density at radius 2 is 2.09 bits per heavy atom. The molecule has 1 amide bonds. The van der Waals surface area contributed by atoms with Gasteiger partial charge in [0.15, 0.2) is 0 Å². The SMILES string of the molecule is CC(C)(N)[C@H]1CC[C@H](C(=O)Nc2ccnc3c2CCN3)CC1. The van der Waals surface area contributed by atoms with Gasteiger partial charge < -0.3 is 16.4 Å². The highest BCUT2D eigenvalue weighted by Gasteiger charge is 2.33. The van der Waals surface area contributed by atoms with Gasteiger partial charge in [-0.25, -0.2) is 4.98 Å². The molecule has 0 saturated heterocycles. The summed E-state index contributed by atoms with van der Waals surface area (Å²) >= 11 is 0. The molecule has 0 spiro atoms. The lowest BCUT2D eigenvalue weighted by Crippen LogP contribution is -2.43. The third kappa shape index (κ3) is 3.09. The van der Waals surface area contributed by atoms with Crippen molar-refractivity contribution in [2.24, 2.45) is 17.6 Å². The second-order valence-electron chi connectivity index (χ2n) is 7.22. The number of fused-ring (bicyclic) bond motifs is 1. The molecule has 1 aromatic rings. The van der Waals surface area contributed by atoms with E-state index in [0.717, 1.165) is 55.7 Å². The van der Waals surface area contributed by atoms with E-state index in [4.69, 9.17) is 5.73 Å². The summed E-state index contributed by atoms with van der Waals surface area (Å²) in [4.78, 5) is 16.8. The van der Waals surface area contributed by atoms with Crippen LogP contribution in [0, 0.1) is 11.8 Å². The number of hydrogen-bond acceptors (Lipinski definition) is 4. The van der Waals surface area contributed by atoms with E-state index in [-0.39, 0.29) is 17.4 Å². The molecule has 1 aliphatic heterocycles. The molecule has 0 atom stereocenters. The Balaban J connectivity index is 1.61. The monoisotopic (exact) mass is 302 g/mol. The lowest BCUT2D eigenvalue weighted by atomic mass is 9.73. The molecular formula is C17H26N4O. The fraction of sp³-hybridized carbons (Fsp3) is 0.647. The molecule has 4 N–H and O–H groups in total. The van der Waals surface area contributed by atoms with Gasteiger partial charge in [0.1, 0.15) is 5.82 Å². The third-order valence-electron chi connectivity index (χ3n) is 5.13. The molecule has 5 nitrogen and oxygen atoms in total. The second kappa shape index (κ2) is 5.88. The number of anilines is 2. The van der Waals surface area contributed by atoms with Crippen molar-refractivity contribution in [3.63, 3.8) is 0 Å². The summed E-state index contributed by atoms with van der Waals surface area (Å²) in [5.41, 5.74) is 8.11. The van der Waals surface area contributed by atoms with Crippen LogP contribution in [0.3, 0.4) is 0 Å². The number of carbonyl (C=O) groups excluding carboxylic acids is 1. The van der Waals surface area contributed by atoms with Crippen LogP contribution in [0.4, 0.5) is 11.5 Å². The Morgan fingerprint density at radius 1 is 1.36 bits per heavy atom. The zero-order chi connectivity index (χ0) is 15.7. The minimum atomic E-state index is -0.140. The third-order valence-corrected chi connectivity index (χ3v) is 5.13. The minimum Gasteiger partial charge on any atom is -0.369 e. The number of aromatic nitrogens is 1. The summed E-state index contributed by atoms with van der Waals surface area (Å²) in [5.74, 6) is 1.68. The standard InChI is InChI=1S/C17H26N4O/c1-17(2,18)12-5-3-11(4-6-12)16(22)21-14-8-10-20-15-13(14)7-9-19-15/h8,10-12H,3-7,9,18H2,1-2H3,(H2,19,20,21,22)/t11-,12-. The van der Waals surface area contributed by atoms with Crippen LogP contribution in [-0.4, -0.2) is 23.0 Å². The molecule has 120 valence electrons. The molecule has 0 radical (unpaired) electrons. The van der Waals surface area contributed by atoms with Crippen molar-refractivity contribution in [2.75, 3.05) is 17.2 Å². The average Bonchev–Trinajstić information content (AvgIpc) is 2.96. The van der Waals surface area contributed by atoms with Gasteiger partial charge in [-0.15, -0.1) is 0 Å². The number of nitrogens with zero attached hydrogens (tertiary/aromatic N) is 1. The first-order valence-electron chi connectivity index (χ1n) is 8.26. The fourth-order valence-electron chi connectivity index (χ4n) is 3.66. The highest BCUT2D eigenvalue weighted by atomic mass is 16.1. The van der Waals surface area contributed by atoms with E-state index in [1.165, 1.54) is 0 Å². The Morgan fingerprint density at radius 3 is 2.77 bits per heavy atom. The number of nitrogens with two attached hydrogens (primary N) is 1. The highest BCUT2D eigenvalue weighted by molar-refractivity contribution is 5.94. The molecule has 1 aliphatic carbocycles. The van der Waals surface area contributed by atoms with Gasteiger partial charge in [0.25, 0.3) is 0 Å². The van der Waals surface area contributed by atoms with Crippen molar-refractivity contribution in [2.45, 2.75) is 51.5 Å². The van der Waals surface area contributed by atoms with Crippen molar-refractivity contribution in [1.29, 1.82) is 0 Å². The number of hydrogen-bond donors (Lipinski definition) is 3. The van der Waals surface area contributed by atoms with Gasteiger partial charge in [-0.3, -0.25) is 4.79 Å². The van der Waals surface area contributed by atoms with E-state index in [1.807, 2.05) is 6.07 Å². The number of amides is 1. The molecule has 3 rings (SSSR count). The maximum Gasteiger partial charge on any atom is 0.227 e. The van der Waals surface area contributed by atoms with Crippen molar-refractivity contribution >= 4 is 17.4 Å². The first-order chi connectivity index (χ1) is 10.4. The van der Waals surface area contributed by atoms with Crippen LogP contribution < -0.4 is 16.4 Å². The summed E-state index contributed by atoms with van der Waals surface area (Å²) in [5, 5.41) is 6.35. The molecule has 2 aliphatic rings. The summed E-state index contributed by atoms with van der Waals surface area (Å²) in [6, 6.07) is 1.90. The number of carbonyl (C=O) groups is 1. The normalized spacial score (nSPS) is 24.5. The molecule has 0 bridgehead atoms. The number of nitrogens with one attached hydrogen (secondary N) is 2. The molecule has 1 fully saturated rings. The summed E-state index contributed by atoms with van der Waals surface area (Å²) in [6.45, 7) is 5.07. The molecule has 1 aromatic heterocycles. The van der Waals surface area contributed by atoms with Crippen LogP contribution >= 0.6 is 0 Å². The number of pyridine rings is 1. The first-order valence-corrected chi connectivity index (χ1v) is 8.26. The lowest BCUT2D eigenvalue weighted by Gasteiger charge is -2.36. The highest BCUT2D eigenvalue weighted by Crippen LogP contribution is 2.35. The van der Waals surface area contributed by atoms with Crippen molar-refractivity contribution in [3.05, 3.63) is 17.8 Å². The van der Waals surface area contributed by atoms with Crippen LogP contribution in [0.25, 0.3) is 0 Å². The Kier molecular flexibility index (Phi) is 4.08. The Labute approximate surface area is 132 Å². The molecule has 5 heteroatoms. The largest absolute Gasteiger partial charge is 0.369 e.